The van der Waals surface area contributed by atoms with Crippen LogP contribution in [0.3, 0.4) is 0 Å². The maximum atomic E-state index is 12.8. The highest BCUT2D eigenvalue weighted by Gasteiger charge is 2.18. The summed E-state index contributed by atoms with van der Waals surface area (Å²) in [5.41, 5.74) is 3.72. The molecule has 3 rings (SSSR count). The van der Waals surface area contributed by atoms with E-state index in [0.717, 1.165) is 33.9 Å². The zero-order valence-electron chi connectivity index (χ0n) is 17.0. The van der Waals surface area contributed by atoms with Gasteiger partial charge < -0.3 is 16.0 Å². The van der Waals surface area contributed by atoms with Gasteiger partial charge in [-0.1, -0.05) is 49.4 Å². The van der Waals surface area contributed by atoms with E-state index in [1.807, 2.05) is 92.7 Å². The van der Waals surface area contributed by atoms with Gasteiger partial charge in [0, 0.05) is 22.0 Å². The monoisotopic (exact) mass is 435 g/mol. The predicted molar refractivity (Wildman–Crippen MR) is 132 cm³/mol. The molecule has 0 aliphatic carbocycles. The Labute approximate surface area is 187 Å². The molecule has 0 bridgehead atoms. The number of anilines is 3. The fourth-order valence-corrected chi connectivity index (χ4v) is 4.12. The van der Waals surface area contributed by atoms with Gasteiger partial charge in [-0.05, 0) is 67.5 Å². The van der Waals surface area contributed by atoms with Crippen molar-refractivity contribution in [3.05, 3.63) is 84.4 Å². The molecule has 30 heavy (non-hydrogen) atoms. The van der Waals surface area contributed by atoms with Gasteiger partial charge in [0.25, 0.3) is 0 Å². The quantitative estimate of drug-likeness (QED) is 0.300. The molecule has 0 aliphatic heterocycles. The van der Waals surface area contributed by atoms with Crippen LogP contribution in [0.2, 0.25) is 0 Å². The van der Waals surface area contributed by atoms with Gasteiger partial charge in [-0.15, -0.1) is 11.8 Å². The highest BCUT2D eigenvalue weighted by Crippen LogP contribution is 2.29. The third kappa shape index (κ3) is 6.34. The molecule has 0 heterocycles. The Hall–Kier alpha value is -2.83. The van der Waals surface area contributed by atoms with Gasteiger partial charge in [0.05, 0.1) is 5.25 Å². The maximum absolute atomic E-state index is 12.8. The summed E-state index contributed by atoms with van der Waals surface area (Å²) < 4.78 is 0. The van der Waals surface area contributed by atoms with Crippen molar-refractivity contribution in [1.29, 1.82) is 0 Å². The number of hydrogen-bond acceptors (Lipinski definition) is 3. The third-order valence-electron chi connectivity index (χ3n) is 4.47. The Morgan fingerprint density at radius 2 is 1.57 bits per heavy atom. The molecule has 6 heteroatoms. The van der Waals surface area contributed by atoms with Crippen LogP contribution in [0.25, 0.3) is 0 Å². The number of carbonyl (C=O) groups excluding carboxylic acids is 1. The normalized spacial score (nSPS) is 11.4. The second kappa shape index (κ2) is 10.8. The fraction of sp³-hybridized carbons (Fsp3) is 0.167. The van der Waals surface area contributed by atoms with Crippen LogP contribution in [0.1, 0.15) is 18.9 Å². The summed E-state index contributed by atoms with van der Waals surface area (Å²) in [6, 6.07) is 25.5. The number of thioether (sulfide) groups is 1. The molecule has 0 aliphatic rings. The standard InChI is InChI=1S/C24H25N3OS2/c1-3-22(23(28)27-21-15-8-7-10-17(21)2)30-20-14-9-13-19(16-20)26-24(29)25-18-11-5-4-6-12-18/h4-16,22H,3H2,1-2H3,(H,27,28)(H2,25,26,29). The average molecular weight is 436 g/mol. The lowest BCUT2D eigenvalue weighted by Crippen LogP contribution is -2.25. The van der Waals surface area contributed by atoms with Gasteiger partial charge in [0.15, 0.2) is 5.11 Å². The van der Waals surface area contributed by atoms with Crippen molar-refractivity contribution in [3.63, 3.8) is 0 Å². The van der Waals surface area contributed by atoms with Crippen molar-refractivity contribution in [2.45, 2.75) is 30.4 Å². The number of aryl methyl sites for hydroxylation is 1. The van der Waals surface area contributed by atoms with Crippen LogP contribution in [-0.4, -0.2) is 16.3 Å². The van der Waals surface area contributed by atoms with Crippen molar-refractivity contribution < 1.29 is 4.79 Å². The van der Waals surface area contributed by atoms with Crippen LogP contribution in [0.15, 0.2) is 83.8 Å². The van der Waals surface area contributed by atoms with E-state index in [9.17, 15) is 4.79 Å². The molecular weight excluding hydrogens is 410 g/mol. The van der Waals surface area contributed by atoms with Gasteiger partial charge in [0.2, 0.25) is 5.91 Å². The van der Waals surface area contributed by atoms with Crippen LogP contribution >= 0.6 is 24.0 Å². The van der Waals surface area contributed by atoms with Gasteiger partial charge in [-0.2, -0.15) is 0 Å². The van der Waals surface area contributed by atoms with Crippen molar-refractivity contribution in [2.75, 3.05) is 16.0 Å². The second-order valence-corrected chi connectivity index (χ2v) is 8.48. The summed E-state index contributed by atoms with van der Waals surface area (Å²) in [5, 5.41) is 9.75. The van der Waals surface area contributed by atoms with E-state index in [1.54, 1.807) is 11.8 Å². The number of benzene rings is 3. The summed E-state index contributed by atoms with van der Waals surface area (Å²) in [6.45, 7) is 4.02. The average Bonchev–Trinajstić information content (AvgIpc) is 2.74. The highest BCUT2D eigenvalue weighted by atomic mass is 32.2. The van der Waals surface area contributed by atoms with E-state index < -0.39 is 0 Å². The molecule has 0 radical (unpaired) electrons. The molecule has 0 saturated carbocycles. The minimum atomic E-state index is -0.186. The van der Waals surface area contributed by atoms with E-state index in [4.69, 9.17) is 12.2 Å². The molecule has 4 nitrogen and oxygen atoms in total. The summed E-state index contributed by atoms with van der Waals surface area (Å²) in [6.07, 6.45) is 0.730. The molecule has 3 aromatic rings. The van der Waals surface area contributed by atoms with Gasteiger partial charge in [-0.3, -0.25) is 4.79 Å². The molecule has 1 unspecified atom stereocenters. The molecule has 0 spiro atoms. The van der Waals surface area contributed by atoms with Crippen molar-refractivity contribution >= 4 is 52.1 Å². The van der Waals surface area contributed by atoms with E-state index in [1.165, 1.54) is 0 Å². The second-order valence-electron chi connectivity index (χ2n) is 6.79. The molecule has 0 fully saturated rings. The van der Waals surface area contributed by atoms with Crippen LogP contribution in [0.5, 0.6) is 0 Å². The number of nitrogens with one attached hydrogen (secondary N) is 3. The predicted octanol–water partition coefficient (Wildman–Crippen LogP) is 6.31. The number of thiocarbonyl (C=S) groups is 1. The molecule has 3 aromatic carbocycles. The van der Waals surface area contributed by atoms with Crippen molar-refractivity contribution in [3.8, 4) is 0 Å². The minimum Gasteiger partial charge on any atom is -0.332 e. The van der Waals surface area contributed by atoms with E-state index in [-0.39, 0.29) is 11.2 Å². The maximum Gasteiger partial charge on any atom is 0.237 e. The van der Waals surface area contributed by atoms with E-state index in [2.05, 4.69) is 16.0 Å². The Bertz CT molecular complexity index is 1010. The molecule has 1 atom stereocenters. The van der Waals surface area contributed by atoms with Gasteiger partial charge in [0.1, 0.15) is 0 Å². The summed E-state index contributed by atoms with van der Waals surface area (Å²) >= 11 is 6.96. The summed E-state index contributed by atoms with van der Waals surface area (Å²) in [5.74, 6) is 0.0106. The molecular formula is C24H25N3OS2. The smallest absolute Gasteiger partial charge is 0.237 e. The van der Waals surface area contributed by atoms with Gasteiger partial charge in [-0.25, -0.2) is 0 Å². The van der Waals surface area contributed by atoms with Crippen LogP contribution in [0.4, 0.5) is 17.1 Å². The minimum absolute atomic E-state index is 0.0106. The Morgan fingerprint density at radius 3 is 2.30 bits per heavy atom. The zero-order valence-corrected chi connectivity index (χ0v) is 18.6. The van der Waals surface area contributed by atoms with Crippen LogP contribution in [-0.2, 0) is 4.79 Å². The van der Waals surface area contributed by atoms with Crippen molar-refractivity contribution in [1.82, 2.24) is 0 Å². The van der Waals surface area contributed by atoms with Gasteiger partial charge >= 0.3 is 0 Å². The lowest BCUT2D eigenvalue weighted by atomic mass is 10.2. The Kier molecular flexibility index (Phi) is 7.88. The number of carbonyl (C=O) groups is 1. The number of hydrogen-bond donors (Lipinski definition) is 3. The molecule has 3 N–H and O–H groups in total. The Balaban J connectivity index is 1.62. The molecule has 1 amide bonds. The van der Waals surface area contributed by atoms with Crippen LogP contribution < -0.4 is 16.0 Å². The largest absolute Gasteiger partial charge is 0.332 e. The SMILES string of the molecule is CCC(Sc1cccc(NC(=S)Nc2ccccc2)c1)C(=O)Nc1ccccc1C. The molecule has 0 aromatic heterocycles. The number of para-hydroxylation sites is 2. The summed E-state index contributed by atoms with van der Waals surface area (Å²) in [7, 11) is 0. The number of amides is 1. The first-order valence-electron chi connectivity index (χ1n) is 9.81. The summed E-state index contributed by atoms with van der Waals surface area (Å²) in [4.78, 5) is 13.8. The van der Waals surface area contributed by atoms with Crippen molar-refractivity contribution in [2.24, 2.45) is 0 Å². The molecule has 154 valence electrons. The highest BCUT2D eigenvalue weighted by molar-refractivity contribution is 8.00. The first-order chi connectivity index (χ1) is 14.5. The lowest BCUT2D eigenvalue weighted by Gasteiger charge is -2.17. The lowest BCUT2D eigenvalue weighted by molar-refractivity contribution is -0.115. The first kappa shape index (κ1) is 21.9. The van der Waals surface area contributed by atoms with E-state index >= 15 is 0 Å². The fourth-order valence-electron chi connectivity index (χ4n) is 2.87. The van der Waals surface area contributed by atoms with E-state index in [0.29, 0.717) is 5.11 Å². The Morgan fingerprint density at radius 1 is 0.900 bits per heavy atom. The number of rotatable bonds is 7. The molecule has 0 saturated heterocycles. The van der Waals surface area contributed by atoms with Crippen LogP contribution in [0, 0.1) is 6.92 Å². The first-order valence-corrected chi connectivity index (χ1v) is 11.1. The zero-order chi connectivity index (χ0) is 21.3. The topological polar surface area (TPSA) is 53.2 Å². The third-order valence-corrected chi connectivity index (χ3v) is 6.03.